The van der Waals surface area contributed by atoms with Crippen molar-refractivity contribution < 1.29 is 17.0 Å². The van der Waals surface area contributed by atoms with Gasteiger partial charge in [0.1, 0.15) is 12.6 Å². The lowest BCUT2D eigenvalue weighted by Gasteiger charge is -2.05. The molecular formula is C15H15ClN2. The molecule has 0 fully saturated rings. The van der Waals surface area contributed by atoms with Crippen molar-refractivity contribution in [3.8, 4) is 0 Å². The van der Waals surface area contributed by atoms with E-state index in [-0.39, 0.29) is 12.4 Å². The average Bonchev–Trinajstić information content (AvgIpc) is 2.33. The molecule has 3 rings (SSSR count). The van der Waals surface area contributed by atoms with Gasteiger partial charge in [0.15, 0.2) is 6.20 Å². The fourth-order valence-electron chi connectivity index (χ4n) is 2.41. The van der Waals surface area contributed by atoms with Gasteiger partial charge in [-0.25, -0.2) is 4.98 Å². The van der Waals surface area contributed by atoms with Crippen LogP contribution >= 0.6 is 0 Å². The monoisotopic (exact) mass is 258 g/mol. The third-order valence-electron chi connectivity index (χ3n) is 3.43. The Labute approximate surface area is 113 Å². The first-order valence-corrected chi connectivity index (χ1v) is 5.82. The highest BCUT2D eigenvalue weighted by atomic mass is 35.5. The molecule has 0 saturated carbocycles. The van der Waals surface area contributed by atoms with Gasteiger partial charge in [-0.3, -0.25) is 0 Å². The molecule has 1 aromatic carbocycles. The van der Waals surface area contributed by atoms with Crippen molar-refractivity contribution in [2.75, 3.05) is 0 Å². The Hall–Kier alpha value is -1.67. The number of rotatable bonds is 0. The highest BCUT2D eigenvalue weighted by Crippen LogP contribution is 2.24. The maximum Gasteiger partial charge on any atom is 0.239 e. The molecular weight excluding hydrogens is 244 g/mol. The Balaban J connectivity index is 0.00000120. The van der Waals surface area contributed by atoms with E-state index in [9.17, 15) is 0 Å². The maximum absolute atomic E-state index is 4.55. The summed E-state index contributed by atoms with van der Waals surface area (Å²) < 4.78 is 2.15. The van der Waals surface area contributed by atoms with Gasteiger partial charge in [0.2, 0.25) is 5.52 Å². The molecule has 2 aromatic heterocycles. The zero-order valence-electron chi connectivity index (χ0n) is 10.7. The summed E-state index contributed by atoms with van der Waals surface area (Å²) in [6.07, 6.45) is 3.99. The Morgan fingerprint density at radius 3 is 2.39 bits per heavy atom. The first-order chi connectivity index (χ1) is 8.18. The third-order valence-corrected chi connectivity index (χ3v) is 3.43. The number of hydrogen-bond donors (Lipinski definition) is 0. The van der Waals surface area contributed by atoms with Crippen LogP contribution in [0.4, 0.5) is 0 Å². The van der Waals surface area contributed by atoms with Crippen molar-refractivity contribution in [3.63, 3.8) is 0 Å². The number of benzene rings is 1. The van der Waals surface area contributed by atoms with Crippen LogP contribution in [0.15, 0.2) is 36.7 Å². The molecule has 0 spiro atoms. The van der Waals surface area contributed by atoms with Gasteiger partial charge in [0.25, 0.3) is 0 Å². The number of pyridine rings is 2. The number of aryl methyl sites for hydroxylation is 3. The van der Waals surface area contributed by atoms with Gasteiger partial charge in [-0.2, -0.15) is 4.57 Å². The predicted molar refractivity (Wildman–Crippen MR) is 69.9 cm³/mol. The second-order valence-electron chi connectivity index (χ2n) is 4.60. The van der Waals surface area contributed by atoms with Crippen molar-refractivity contribution in [2.45, 2.75) is 13.8 Å². The number of aromatic nitrogens is 2. The van der Waals surface area contributed by atoms with Crippen LogP contribution in [0.3, 0.4) is 0 Å². The van der Waals surface area contributed by atoms with Crippen molar-refractivity contribution >= 4 is 21.8 Å². The van der Waals surface area contributed by atoms with Crippen LogP contribution in [-0.2, 0) is 7.05 Å². The fraction of sp³-hybridized carbons (Fsp3) is 0.200. The van der Waals surface area contributed by atoms with Crippen molar-refractivity contribution in [2.24, 2.45) is 7.05 Å². The smallest absolute Gasteiger partial charge is 0.239 e. The van der Waals surface area contributed by atoms with E-state index >= 15 is 0 Å². The Bertz CT molecular complexity index is 735. The highest BCUT2D eigenvalue weighted by Gasteiger charge is 2.13. The lowest BCUT2D eigenvalue weighted by molar-refractivity contribution is -0.644. The first kappa shape index (κ1) is 12.8. The molecule has 0 aliphatic carbocycles. The fourth-order valence-corrected chi connectivity index (χ4v) is 2.41. The van der Waals surface area contributed by atoms with Gasteiger partial charge in [0, 0.05) is 17.6 Å². The molecule has 0 radical (unpaired) electrons. The average molecular weight is 259 g/mol. The predicted octanol–water partition coefficient (Wildman–Crippen LogP) is -0.167. The standard InChI is InChI=1S/C15H15N2.ClH/c1-10-6-8-16-14-12(10)4-5-13-11(2)7-9-17(3)15(13)14;/h4-9H,1-3H3;1H/q+1;/p-1. The minimum Gasteiger partial charge on any atom is -1.00 e. The summed E-state index contributed by atoms with van der Waals surface area (Å²) in [7, 11) is 2.07. The van der Waals surface area contributed by atoms with Gasteiger partial charge < -0.3 is 12.4 Å². The molecule has 3 aromatic rings. The van der Waals surface area contributed by atoms with Gasteiger partial charge in [0.05, 0.1) is 5.39 Å². The molecule has 2 nitrogen and oxygen atoms in total. The Morgan fingerprint density at radius 1 is 0.944 bits per heavy atom. The van der Waals surface area contributed by atoms with Crippen molar-refractivity contribution in [1.29, 1.82) is 0 Å². The van der Waals surface area contributed by atoms with Gasteiger partial charge in [-0.15, -0.1) is 0 Å². The van der Waals surface area contributed by atoms with E-state index in [4.69, 9.17) is 0 Å². The molecule has 3 heteroatoms. The molecule has 0 saturated heterocycles. The molecule has 0 amide bonds. The Kier molecular flexibility index (Phi) is 3.22. The second-order valence-corrected chi connectivity index (χ2v) is 4.60. The molecule has 18 heavy (non-hydrogen) atoms. The van der Waals surface area contributed by atoms with E-state index in [1.807, 2.05) is 6.20 Å². The van der Waals surface area contributed by atoms with E-state index in [1.165, 1.54) is 27.4 Å². The zero-order chi connectivity index (χ0) is 12.0. The molecule has 2 heterocycles. The lowest BCUT2D eigenvalue weighted by Crippen LogP contribution is -3.00. The third kappa shape index (κ3) is 1.73. The second kappa shape index (κ2) is 4.54. The van der Waals surface area contributed by atoms with Crippen LogP contribution < -0.4 is 17.0 Å². The minimum absolute atomic E-state index is 0. The summed E-state index contributed by atoms with van der Waals surface area (Å²) in [5.41, 5.74) is 4.88. The van der Waals surface area contributed by atoms with E-state index in [0.717, 1.165) is 5.52 Å². The minimum atomic E-state index is 0. The summed E-state index contributed by atoms with van der Waals surface area (Å²) in [6.45, 7) is 4.27. The molecule has 0 aliphatic heterocycles. The summed E-state index contributed by atoms with van der Waals surface area (Å²) in [5, 5.41) is 2.52. The molecule has 0 aliphatic rings. The van der Waals surface area contributed by atoms with Crippen LogP contribution in [0.5, 0.6) is 0 Å². The van der Waals surface area contributed by atoms with E-state index in [1.54, 1.807) is 0 Å². The molecule has 0 bridgehead atoms. The quantitative estimate of drug-likeness (QED) is 0.404. The van der Waals surface area contributed by atoms with Crippen LogP contribution in [-0.4, -0.2) is 4.98 Å². The van der Waals surface area contributed by atoms with Crippen LogP contribution in [0.2, 0.25) is 0 Å². The normalized spacial score (nSPS) is 10.6. The molecule has 0 unspecified atom stereocenters. The van der Waals surface area contributed by atoms with E-state index in [2.05, 4.69) is 60.9 Å². The zero-order valence-corrected chi connectivity index (χ0v) is 11.5. The number of nitrogens with zero attached hydrogens (tertiary/aromatic N) is 2. The van der Waals surface area contributed by atoms with Crippen molar-refractivity contribution in [3.05, 3.63) is 47.8 Å². The maximum atomic E-state index is 4.55. The summed E-state index contributed by atoms with van der Waals surface area (Å²) in [4.78, 5) is 4.55. The van der Waals surface area contributed by atoms with Gasteiger partial charge in [-0.05, 0) is 37.1 Å². The van der Waals surface area contributed by atoms with E-state index < -0.39 is 0 Å². The van der Waals surface area contributed by atoms with E-state index in [0.29, 0.717) is 0 Å². The SMILES string of the molecule is Cc1ccnc2c1ccc1c(C)cc[n+](C)c12.[Cl-]. The van der Waals surface area contributed by atoms with Gasteiger partial charge in [-0.1, -0.05) is 6.07 Å². The summed E-state index contributed by atoms with van der Waals surface area (Å²) in [5.74, 6) is 0. The van der Waals surface area contributed by atoms with Crippen LogP contribution in [0.1, 0.15) is 11.1 Å². The van der Waals surface area contributed by atoms with Crippen molar-refractivity contribution in [1.82, 2.24) is 4.98 Å². The summed E-state index contributed by atoms with van der Waals surface area (Å²) >= 11 is 0. The topological polar surface area (TPSA) is 16.8 Å². The number of fused-ring (bicyclic) bond motifs is 3. The molecule has 0 atom stereocenters. The number of hydrogen-bond acceptors (Lipinski definition) is 1. The van der Waals surface area contributed by atoms with Crippen LogP contribution in [0.25, 0.3) is 21.8 Å². The Morgan fingerprint density at radius 2 is 1.61 bits per heavy atom. The molecule has 0 N–H and O–H groups in total. The summed E-state index contributed by atoms with van der Waals surface area (Å²) in [6, 6.07) is 8.57. The van der Waals surface area contributed by atoms with Crippen LogP contribution in [0, 0.1) is 13.8 Å². The largest absolute Gasteiger partial charge is 1.00 e. The lowest BCUT2D eigenvalue weighted by atomic mass is 10.0. The number of halogens is 1. The highest BCUT2D eigenvalue weighted by molar-refractivity contribution is 6.02. The van der Waals surface area contributed by atoms with Gasteiger partial charge >= 0.3 is 0 Å². The first-order valence-electron chi connectivity index (χ1n) is 5.82. The molecule has 92 valence electrons.